The number of aromatic carboxylic acids is 1. The van der Waals surface area contributed by atoms with E-state index in [4.69, 9.17) is 5.11 Å². The Hall–Kier alpha value is -2.84. The number of nitrogens with zero attached hydrogens (tertiary/aromatic N) is 2. The molecule has 2 aromatic rings. The van der Waals surface area contributed by atoms with Gasteiger partial charge in [0.1, 0.15) is 5.56 Å². The van der Waals surface area contributed by atoms with E-state index in [1.165, 1.54) is 18.2 Å². The summed E-state index contributed by atoms with van der Waals surface area (Å²) in [5.74, 6) is -1.06. The van der Waals surface area contributed by atoms with Crippen LogP contribution in [0.4, 0.5) is 18.9 Å². The van der Waals surface area contributed by atoms with Gasteiger partial charge < -0.3 is 10.4 Å². The number of anilines is 1. The van der Waals surface area contributed by atoms with Crippen molar-refractivity contribution in [2.24, 2.45) is 17.8 Å². The molecule has 0 aliphatic heterocycles. The molecule has 1 aromatic carbocycles. The lowest BCUT2D eigenvalue weighted by molar-refractivity contribution is -0.143. The highest BCUT2D eigenvalue weighted by atomic mass is 19.4. The number of nitrogens with one attached hydrogen (secondary N) is 1. The van der Waals surface area contributed by atoms with E-state index in [9.17, 15) is 22.8 Å². The second kappa shape index (κ2) is 6.65. The van der Waals surface area contributed by atoms with Gasteiger partial charge in [-0.1, -0.05) is 6.07 Å². The molecule has 2 saturated carbocycles. The van der Waals surface area contributed by atoms with Crippen LogP contribution in [0.3, 0.4) is 0 Å². The molecule has 0 bridgehead atoms. The quantitative estimate of drug-likeness (QED) is 0.778. The van der Waals surface area contributed by atoms with Crippen molar-refractivity contribution in [3.8, 4) is 5.69 Å². The van der Waals surface area contributed by atoms with Crippen LogP contribution in [0, 0.1) is 17.8 Å². The molecule has 2 fully saturated rings. The summed E-state index contributed by atoms with van der Waals surface area (Å²) in [6, 6.07) is 5.83. The Morgan fingerprint density at radius 1 is 1.18 bits per heavy atom. The number of carbonyl (C=O) groups is 2. The van der Waals surface area contributed by atoms with Gasteiger partial charge in [-0.2, -0.15) is 18.3 Å². The molecule has 0 radical (unpaired) electrons. The molecule has 0 unspecified atom stereocenters. The van der Waals surface area contributed by atoms with Crippen LogP contribution in [0.1, 0.15) is 41.7 Å². The highest BCUT2D eigenvalue weighted by Gasteiger charge is 2.45. The summed E-state index contributed by atoms with van der Waals surface area (Å²) in [5.41, 5.74) is -1.91. The molecule has 1 heterocycles. The van der Waals surface area contributed by atoms with E-state index in [0.29, 0.717) is 28.4 Å². The molecule has 2 aliphatic carbocycles. The number of halogens is 3. The van der Waals surface area contributed by atoms with Gasteiger partial charge in [-0.15, -0.1) is 0 Å². The third-order valence-electron chi connectivity index (χ3n) is 5.19. The number of carbonyl (C=O) groups excluding carboxylic acids is 1. The van der Waals surface area contributed by atoms with Gasteiger partial charge in [0.2, 0.25) is 5.91 Å². The van der Waals surface area contributed by atoms with E-state index in [-0.39, 0.29) is 17.5 Å². The van der Waals surface area contributed by atoms with Crippen molar-refractivity contribution in [3.63, 3.8) is 0 Å². The van der Waals surface area contributed by atoms with Gasteiger partial charge >= 0.3 is 12.1 Å². The number of amides is 1. The van der Waals surface area contributed by atoms with Crippen LogP contribution in [0.25, 0.3) is 5.69 Å². The zero-order valence-electron chi connectivity index (χ0n) is 14.7. The molecule has 0 atom stereocenters. The largest absolute Gasteiger partial charge is 0.478 e. The summed E-state index contributed by atoms with van der Waals surface area (Å²) >= 11 is 0. The van der Waals surface area contributed by atoms with Gasteiger partial charge in [-0.05, 0) is 55.7 Å². The summed E-state index contributed by atoms with van der Waals surface area (Å²) in [6.45, 7) is 0. The molecule has 6 nitrogen and oxygen atoms in total. The maximum atomic E-state index is 13.4. The minimum absolute atomic E-state index is 0.0204. The summed E-state index contributed by atoms with van der Waals surface area (Å²) in [4.78, 5) is 23.8. The van der Waals surface area contributed by atoms with E-state index in [1.807, 2.05) is 0 Å². The summed E-state index contributed by atoms with van der Waals surface area (Å²) in [7, 11) is 0. The first-order chi connectivity index (χ1) is 13.3. The van der Waals surface area contributed by atoms with Crippen LogP contribution in [-0.2, 0) is 11.0 Å². The van der Waals surface area contributed by atoms with Gasteiger partial charge in [0.05, 0.1) is 11.9 Å². The Morgan fingerprint density at radius 3 is 2.36 bits per heavy atom. The van der Waals surface area contributed by atoms with Gasteiger partial charge in [-0.25, -0.2) is 9.48 Å². The topological polar surface area (TPSA) is 84.2 Å². The zero-order chi connectivity index (χ0) is 20.1. The third kappa shape index (κ3) is 3.61. The molecule has 0 spiro atoms. The predicted octanol–water partition coefficient (Wildman–Crippen LogP) is 3.96. The highest BCUT2D eigenvalue weighted by molar-refractivity contribution is 5.93. The maximum Gasteiger partial charge on any atom is 0.434 e. The van der Waals surface area contributed by atoms with Gasteiger partial charge in [0.25, 0.3) is 0 Å². The molecule has 28 heavy (non-hydrogen) atoms. The fourth-order valence-corrected chi connectivity index (χ4v) is 3.64. The van der Waals surface area contributed by atoms with Crippen LogP contribution in [0.15, 0.2) is 30.5 Å². The monoisotopic (exact) mass is 393 g/mol. The fourth-order valence-electron chi connectivity index (χ4n) is 3.64. The van der Waals surface area contributed by atoms with Crippen molar-refractivity contribution in [2.45, 2.75) is 31.9 Å². The van der Waals surface area contributed by atoms with E-state index >= 15 is 0 Å². The Morgan fingerprint density at radius 2 is 1.82 bits per heavy atom. The Balaban J connectivity index is 1.62. The normalized spacial score (nSPS) is 17.0. The van der Waals surface area contributed by atoms with E-state index in [0.717, 1.165) is 25.7 Å². The molecule has 1 amide bonds. The van der Waals surface area contributed by atoms with Crippen molar-refractivity contribution in [1.29, 1.82) is 0 Å². The second-order valence-corrected chi connectivity index (χ2v) is 7.36. The fraction of sp³-hybridized carbons (Fsp3) is 0.421. The molecule has 1 aromatic heterocycles. The standard InChI is InChI=1S/C19H18F3N3O3/c20-19(21,22)16-14(18(27)28)9-23-25(16)13-3-1-2-12(8-13)24-17(26)15(10-4-5-10)11-6-7-11/h1-3,8-11,15H,4-7H2,(H,24,26)(H,27,28). The number of carboxylic acid groups (broad SMARTS) is 1. The van der Waals surface area contributed by atoms with Crippen molar-refractivity contribution in [3.05, 3.63) is 41.7 Å². The van der Waals surface area contributed by atoms with Crippen LogP contribution in [0.5, 0.6) is 0 Å². The van der Waals surface area contributed by atoms with Crippen LogP contribution in [-0.4, -0.2) is 26.8 Å². The van der Waals surface area contributed by atoms with Crippen molar-refractivity contribution in [2.75, 3.05) is 5.32 Å². The SMILES string of the molecule is O=C(O)c1cnn(-c2cccc(NC(=O)C(C3CC3)C3CC3)c2)c1C(F)(F)F. The number of hydrogen-bond acceptors (Lipinski definition) is 3. The lowest BCUT2D eigenvalue weighted by Gasteiger charge is -2.16. The van der Waals surface area contributed by atoms with Crippen molar-refractivity contribution < 1.29 is 27.9 Å². The first-order valence-corrected chi connectivity index (χ1v) is 9.05. The van der Waals surface area contributed by atoms with Crippen molar-refractivity contribution >= 4 is 17.6 Å². The molecule has 2 N–H and O–H groups in total. The number of hydrogen-bond donors (Lipinski definition) is 2. The average Bonchev–Trinajstić information content (AvgIpc) is 3.54. The number of rotatable bonds is 6. The number of alkyl halides is 3. The maximum absolute atomic E-state index is 13.4. The van der Waals surface area contributed by atoms with Crippen LogP contribution < -0.4 is 5.32 Å². The predicted molar refractivity (Wildman–Crippen MR) is 93.1 cm³/mol. The van der Waals surface area contributed by atoms with Gasteiger partial charge in [0.15, 0.2) is 5.69 Å². The number of benzene rings is 1. The van der Waals surface area contributed by atoms with E-state index in [1.54, 1.807) is 6.07 Å². The molecule has 4 rings (SSSR count). The number of carboxylic acids is 1. The van der Waals surface area contributed by atoms with Gasteiger partial charge in [0, 0.05) is 11.6 Å². The minimum atomic E-state index is -4.90. The Labute approximate surface area is 158 Å². The number of aromatic nitrogens is 2. The second-order valence-electron chi connectivity index (χ2n) is 7.36. The summed E-state index contributed by atoms with van der Waals surface area (Å²) < 4.78 is 40.7. The minimum Gasteiger partial charge on any atom is -0.478 e. The summed E-state index contributed by atoms with van der Waals surface area (Å²) in [6.07, 6.45) is -0.0770. The molecule has 148 valence electrons. The smallest absolute Gasteiger partial charge is 0.434 e. The molecular formula is C19H18F3N3O3. The lowest BCUT2D eigenvalue weighted by atomic mass is 9.97. The molecule has 9 heteroatoms. The molecule has 2 aliphatic rings. The molecule has 0 saturated heterocycles. The Bertz CT molecular complexity index is 918. The van der Waals surface area contributed by atoms with Crippen molar-refractivity contribution in [1.82, 2.24) is 9.78 Å². The van der Waals surface area contributed by atoms with E-state index < -0.39 is 23.4 Å². The average molecular weight is 393 g/mol. The van der Waals surface area contributed by atoms with E-state index in [2.05, 4.69) is 10.4 Å². The lowest BCUT2D eigenvalue weighted by Crippen LogP contribution is -2.26. The van der Waals surface area contributed by atoms with Crippen LogP contribution in [0.2, 0.25) is 0 Å². The third-order valence-corrected chi connectivity index (χ3v) is 5.19. The van der Waals surface area contributed by atoms with Crippen LogP contribution >= 0.6 is 0 Å². The molecular weight excluding hydrogens is 375 g/mol. The summed E-state index contributed by atoms with van der Waals surface area (Å²) in [5, 5.41) is 15.4. The first kappa shape index (κ1) is 18.5. The van der Waals surface area contributed by atoms with Gasteiger partial charge in [-0.3, -0.25) is 4.79 Å². The highest BCUT2D eigenvalue weighted by Crippen LogP contribution is 2.49. The zero-order valence-corrected chi connectivity index (χ0v) is 14.7. The first-order valence-electron chi connectivity index (χ1n) is 9.05. The Kier molecular flexibility index (Phi) is 4.40.